The van der Waals surface area contributed by atoms with Crippen LogP contribution in [0.5, 0.6) is 46.0 Å². The van der Waals surface area contributed by atoms with Crippen LogP contribution >= 0.6 is 23.2 Å². The Hall–Kier alpha value is -8.91. The number of fused-ring (bicyclic) bond motifs is 15. The average molecular weight is 1540 g/mol. The Labute approximate surface area is 621 Å². The van der Waals surface area contributed by atoms with Crippen LogP contribution < -0.4 is 75.3 Å². The van der Waals surface area contributed by atoms with E-state index in [1.54, 1.807) is 6.92 Å². The number of rotatable bonds is 16. The van der Waals surface area contributed by atoms with Crippen LogP contribution in [-0.2, 0) is 52.6 Å². The van der Waals surface area contributed by atoms with Gasteiger partial charge < -0.3 is 141 Å². The molecular weight excluding hydrogens is 1460 g/mol. The van der Waals surface area contributed by atoms with Gasteiger partial charge in [-0.05, 0) is 122 Å². The van der Waals surface area contributed by atoms with Gasteiger partial charge in [0.25, 0.3) is 0 Å². The maximum atomic E-state index is 16.1. The van der Waals surface area contributed by atoms with E-state index >= 15 is 19.2 Å². The Morgan fingerprint density at radius 2 is 1.31 bits per heavy atom. The highest BCUT2D eigenvalue weighted by Gasteiger charge is 2.52. The number of phenolic OH excluding ortho intramolecular Hbond substituents is 3. The molecule has 0 unspecified atom stereocenters. The van der Waals surface area contributed by atoms with E-state index in [-0.39, 0.29) is 70.3 Å². The van der Waals surface area contributed by atoms with Crippen molar-refractivity contribution in [2.45, 2.75) is 176 Å². The maximum Gasteiger partial charge on any atom is 0.330 e. The number of aliphatic carboxylic acids is 1. The van der Waals surface area contributed by atoms with Crippen molar-refractivity contribution < 1.29 is 136 Å². The van der Waals surface area contributed by atoms with Gasteiger partial charge in [-0.2, -0.15) is 0 Å². The number of carbonyl (C=O) groups excluding carboxylic acids is 7. The summed E-state index contributed by atoms with van der Waals surface area (Å²) in [7, 11) is 0. The Morgan fingerprint density at radius 1 is 0.708 bits per heavy atom. The van der Waals surface area contributed by atoms with E-state index in [2.05, 4.69) is 43.0 Å². The van der Waals surface area contributed by atoms with E-state index in [1.165, 1.54) is 19.1 Å². The summed E-state index contributed by atoms with van der Waals surface area (Å²) in [5.74, 6) is -15.6. The Kier molecular flexibility index (Phi) is 25.6. The molecule has 0 saturated carbocycles. The largest absolute Gasteiger partial charge is 1.00 e. The summed E-state index contributed by atoms with van der Waals surface area (Å²) in [6.45, 7) is 10.2. The molecule has 22 N–H and O–H groups in total. The molecule has 5 aromatic rings. The third-order valence-electron chi connectivity index (χ3n) is 18.6. The average Bonchev–Trinajstić information content (AvgIpc) is 0.766. The Morgan fingerprint density at radius 3 is 1.90 bits per heavy atom. The zero-order valence-electron chi connectivity index (χ0n) is 57.8. The van der Waals surface area contributed by atoms with Crippen LogP contribution in [0.3, 0.4) is 0 Å². The lowest BCUT2D eigenvalue weighted by molar-refractivity contribution is -0.518. The van der Waals surface area contributed by atoms with Gasteiger partial charge in [0.05, 0.1) is 41.6 Å². The topological polar surface area (TPSA) is 532 Å². The first-order chi connectivity index (χ1) is 49.5. The first-order valence-electron chi connectivity index (χ1n) is 33.6. The number of hydrogen-bond donors (Lipinski definition) is 19. The molecule has 2 fully saturated rings. The van der Waals surface area contributed by atoms with Crippen LogP contribution in [0.2, 0.25) is 10.0 Å². The summed E-state index contributed by atoms with van der Waals surface area (Å²) >= 11 is 14.2. The molecular formula is C70H84Cl3N9O24. The van der Waals surface area contributed by atoms with Gasteiger partial charge in [-0.3, -0.25) is 33.6 Å². The Bertz CT molecular complexity index is 4170. The number of ether oxygens (including phenoxy) is 6. The molecule has 574 valence electrons. The minimum atomic E-state index is -2.34. The van der Waals surface area contributed by atoms with Gasteiger partial charge in [0.1, 0.15) is 101 Å². The fraction of sp³-hybridized carbons (Fsp3) is 0.457. The minimum absolute atomic E-state index is 0. The van der Waals surface area contributed by atoms with Crippen molar-refractivity contribution >= 4 is 70.5 Å². The van der Waals surface area contributed by atoms with Gasteiger partial charge in [-0.15, -0.1) is 0 Å². The Balaban J connectivity index is 0.0000130. The molecule has 0 spiro atoms. The van der Waals surface area contributed by atoms with Crippen LogP contribution in [0, 0.1) is 11.8 Å². The summed E-state index contributed by atoms with van der Waals surface area (Å²) in [5.41, 5.74) is 5.97. The minimum Gasteiger partial charge on any atom is -1.00 e. The summed E-state index contributed by atoms with van der Waals surface area (Å²) in [5, 5.41) is 132. The molecule has 0 aliphatic carbocycles. The summed E-state index contributed by atoms with van der Waals surface area (Å²) in [6, 6.07) is -0.507. The van der Waals surface area contributed by atoms with E-state index in [4.69, 9.17) is 57.4 Å². The van der Waals surface area contributed by atoms with E-state index in [1.807, 2.05) is 27.7 Å². The fourth-order valence-corrected chi connectivity index (χ4v) is 13.5. The second-order valence-electron chi connectivity index (χ2n) is 27.7. The zero-order valence-corrected chi connectivity index (χ0v) is 60.1. The van der Waals surface area contributed by atoms with Gasteiger partial charge in [-0.25, -0.2) is 4.79 Å². The number of nitrogens with two attached hydrogens (primary N) is 1. The number of hydrogen-bond acceptors (Lipinski definition) is 24. The van der Waals surface area contributed by atoms with Crippen molar-refractivity contribution in [3.8, 4) is 57.1 Å². The van der Waals surface area contributed by atoms with Crippen molar-refractivity contribution in [3.63, 3.8) is 0 Å². The third-order valence-corrected chi connectivity index (χ3v) is 19.2. The highest BCUT2D eigenvalue weighted by atomic mass is 35.5. The molecule has 12 rings (SSSR count). The number of benzene rings is 5. The lowest BCUT2D eigenvalue weighted by Crippen LogP contribution is -3.00. The number of phenols is 3. The molecule has 7 aliphatic rings. The lowest BCUT2D eigenvalue weighted by Gasteiger charge is -2.45. The number of aliphatic hydroxyl groups excluding tert-OH is 6. The zero-order chi connectivity index (χ0) is 76.5. The summed E-state index contributed by atoms with van der Waals surface area (Å²) in [4.78, 5) is 118. The van der Waals surface area contributed by atoms with Crippen LogP contribution in [0.15, 0.2) is 78.9 Å². The van der Waals surface area contributed by atoms with E-state index < -0.39 is 231 Å². The van der Waals surface area contributed by atoms with Crippen LogP contribution in [-0.4, -0.2) is 190 Å². The van der Waals surface area contributed by atoms with Crippen LogP contribution in [0.1, 0.15) is 125 Å². The monoisotopic (exact) mass is 1540 g/mol. The predicted molar refractivity (Wildman–Crippen MR) is 366 cm³/mol. The normalized spacial score (nSPS) is 28.6. The van der Waals surface area contributed by atoms with E-state index in [0.717, 1.165) is 66.7 Å². The second kappa shape index (κ2) is 33.5. The first kappa shape index (κ1) is 81.2. The molecule has 0 aromatic heterocycles. The predicted octanol–water partition coefficient (Wildman–Crippen LogP) is -2.19. The summed E-state index contributed by atoms with van der Waals surface area (Å²) < 4.78 is 38.6. The highest BCUT2D eigenvalue weighted by Crippen LogP contribution is 2.50. The van der Waals surface area contributed by atoms with Crippen LogP contribution in [0.4, 0.5) is 0 Å². The molecule has 11 bridgehead atoms. The molecule has 7 amide bonds. The fourth-order valence-electron chi connectivity index (χ4n) is 13.0. The van der Waals surface area contributed by atoms with Crippen molar-refractivity contribution in [1.82, 2.24) is 37.2 Å². The maximum absolute atomic E-state index is 16.1. The highest BCUT2D eigenvalue weighted by molar-refractivity contribution is 6.32. The standard InChI is InChI=1S/C70H83Cl2N9O24.ClH/c1-26(2)13-14-75-38(15-27(3)4)62(92)80-53-55(87)30-8-11-42(36(71)17-30)101-44-19-32-20-45(59(44)105-69-60(58(90)57(89)46(25-82)103-69)104-48-24-70(6,74)61(91)28(5)100-48)102-43-12-9-31(18-37(43)72)56(88)54-67(97)79-52(68(98)99)35-21-33(83)22-41(85)49(35)34-16-29(7-10-40(34)84)50(64(94)81-54)78-65(95)51(32)77-63(93)39(23-47(73)86)76-66(53)96;/h7-12,16-22,26-28,38-39,46,48,50-58,60-61,69,75,82-85,87-91H,13-15,23-25,74H2,1-6H3,(H2,73,86)(H,76,96)(H,77,93)(H,78,95)(H,79,97)(H,80,92)(H,81,94)(H,98,99);1H/t28-,38+,39-,46+,48-,50+,51-,52-,53+,54-,55+,56+,57+,58-,60+,61+,69-,70-;/m0./s1. The number of carboxylic acids is 1. The van der Waals surface area contributed by atoms with E-state index in [9.17, 15) is 70.2 Å². The van der Waals surface area contributed by atoms with Gasteiger partial charge in [0.15, 0.2) is 29.9 Å². The van der Waals surface area contributed by atoms with Gasteiger partial charge in [0.2, 0.25) is 53.4 Å². The number of nitrogens with one attached hydrogen (secondary N) is 7. The van der Waals surface area contributed by atoms with Crippen molar-refractivity contribution in [1.29, 1.82) is 0 Å². The molecule has 2 saturated heterocycles. The van der Waals surface area contributed by atoms with Gasteiger partial charge in [-0.1, -0.05) is 69.1 Å². The summed E-state index contributed by atoms with van der Waals surface area (Å²) in [6.07, 6.45) is -17.5. The van der Waals surface area contributed by atoms with Crippen molar-refractivity contribution in [2.75, 3.05) is 13.2 Å². The number of halogens is 3. The molecule has 7 aliphatic heterocycles. The van der Waals surface area contributed by atoms with Crippen molar-refractivity contribution in [3.05, 3.63) is 117 Å². The lowest BCUT2D eigenvalue weighted by atomic mass is 9.86. The van der Waals surface area contributed by atoms with Gasteiger partial charge in [0, 0.05) is 22.8 Å². The number of quaternary nitrogens is 1. The van der Waals surface area contributed by atoms with Gasteiger partial charge >= 0.3 is 5.97 Å². The van der Waals surface area contributed by atoms with E-state index in [0.29, 0.717) is 13.0 Å². The smallest absolute Gasteiger partial charge is 0.330 e. The number of aromatic hydroxyl groups is 3. The third kappa shape index (κ3) is 17.9. The first-order valence-corrected chi connectivity index (χ1v) is 34.4. The van der Waals surface area contributed by atoms with Crippen molar-refractivity contribution in [2.24, 2.45) is 17.6 Å². The number of carbonyl (C=O) groups is 8. The second-order valence-corrected chi connectivity index (χ2v) is 28.5. The SMILES string of the molecule is CC(C)CCN[C@H](CC(C)C)C(=O)N[C@H]1C(=O)N[C@@H](CC(N)=O)C(=O)N[C@@H]2C(=O)N[C@H]3C(=O)N[C@H](C(=O)N[C@H](C(=O)O)c4cc(O)cc(O)c4-c4cc3ccc4O)[C@H](O)c3ccc(c(Cl)c3)Oc3cc2cc(c3O[C@@H]2O[C@H](CO)[C@@H](O)[C@H](O)[C@H]2O[C@H]2C[C@](C)([NH3+])[C@H](O)[C@H](C)O2)Oc2ccc(cc2Cl)[C@H]1O.[Cl-]. The molecule has 0 radical (unpaired) electrons. The molecule has 36 heteroatoms. The number of amides is 7. The molecule has 18 atom stereocenters. The molecule has 7 heterocycles. The molecule has 5 aromatic carbocycles. The quantitative estimate of drug-likeness (QED) is 0.0499. The number of aliphatic hydroxyl groups is 6. The van der Waals surface area contributed by atoms with Crippen LogP contribution in [0.25, 0.3) is 11.1 Å². The number of carboxylic acid groups (broad SMARTS) is 1. The number of primary amides is 1. The molecule has 33 nitrogen and oxygen atoms in total. The molecule has 106 heavy (non-hydrogen) atoms.